The molecule has 1 atom stereocenters. The molecule has 1 aromatic carbocycles. The van der Waals surface area contributed by atoms with Crippen molar-refractivity contribution < 1.29 is 17.9 Å². The van der Waals surface area contributed by atoms with Crippen molar-refractivity contribution in [2.45, 2.75) is 18.9 Å². The fraction of sp³-hybridized carbons (Fsp3) is 0.600. The minimum atomic E-state index is -3.49. The Kier molecular flexibility index (Phi) is 6.67. The summed E-state index contributed by atoms with van der Waals surface area (Å²) in [5, 5.41) is 0.586. The van der Waals surface area contributed by atoms with Crippen molar-refractivity contribution >= 4 is 21.8 Å². The first-order valence-electron chi connectivity index (χ1n) is 7.55. The first-order valence-corrected chi connectivity index (χ1v) is 9.33. The number of hydrogen-bond donors (Lipinski definition) is 0. The molecule has 0 amide bonds. The maximum absolute atomic E-state index is 12.6. The van der Waals surface area contributed by atoms with E-state index in [9.17, 15) is 8.42 Å². The minimum absolute atomic E-state index is 0.0821. The van der Waals surface area contributed by atoms with Gasteiger partial charge in [0.15, 0.2) is 0 Å². The first kappa shape index (κ1) is 18.5. The number of ether oxygens (including phenoxy) is 2. The average molecular weight is 363 g/mol. The van der Waals surface area contributed by atoms with Gasteiger partial charge in [-0.15, -0.1) is 0 Å². The monoisotopic (exact) mass is 362 g/mol. The molecule has 0 aromatic heterocycles. The Bertz CT molecular complexity index is 611. The van der Waals surface area contributed by atoms with Crippen molar-refractivity contribution in [1.82, 2.24) is 8.61 Å². The maximum Gasteiger partial charge on any atom is 0.282 e. The van der Waals surface area contributed by atoms with E-state index >= 15 is 0 Å². The van der Waals surface area contributed by atoms with Gasteiger partial charge in [-0.1, -0.05) is 17.7 Å². The van der Waals surface area contributed by atoms with Gasteiger partial charge in [0.05, 0.1) is 6.61 Å². The summed E-state index contributed by atoms with van der Waals surface area (Å²) in [4.78, 5) is 0. The Morgan fingerprint density at radius 2 is 2.22 bits per heavy atom. The highest BCUT2D eigenvalue weighted by Gasteiger charge is 2.36. The third-order valence-electron chi connectivity index (χ3n) is 3.84. The molecule has 0 radical (unpaired) electrons. The van der Waals surface area contributed by atoms with Gasteiger partial charge in [-0.3, -0.25) is 0 Å². The largest absolute Gasteiger partial charge is 0.492 e. The second-order valence-corrected chi connectivity index (χ2v) is 7.92. The van der Waals surface area contributed by atoms with Crippen molar-refractivity contribution in [2.75, 3.05) is 40.5 Å². The van der Waals surface area contributed by atoms with Gasteiger partial charge >= 0.3 is 0 Å². The fourth-order valence-corrected chi connectivity index (χ4v) is 4.36. The van der Waals surface area contributed by atoms with Crippen LogP contribution in [0.4, 0.5) is 0 Å². The van der Waals surface area contributed by atoms with E-state index in [4.69, 9.17) is 21.1 Å². The number of methoxy groups -OCH3 is 1. The summed E-state index contributed by atoms with van der Waals surface area (Å²) < 4.78 is 38.8. The van der Waals surface area contributed by atoms with Crippen molar-refractivity contribution in [3.05, 3.63) is 29.3 Å². The summed E-state index contributed by atoms with van der Waals surface area (Å²) in [6.45, 7) is 1.49. The number of rotatable bonds is 8. The van der Waals surface area contributed by atoms with Crippen LogP contribution in [0.2, 0.25) is 5.02 Å². The summed E-state index contributed by atoms with van der Waals surface area (Å²) in [5.41, 5.74) is 0. The second kappa shape index (κ2) is 8.30. The molecule has 0 N–H and O–H groups in total. The number of hydrogen-bond acceptors (Lipinski definition) is 4. The van der Waals surface area contributed by atoms with Crippen LogP contribution in [-0.2, 0) is 14.9 Å². The highest BCUT2D eigenvalue weighted by molar-refractivity contribution is 7.86. The molecule has 0 aliphatic carbocycles. The van der Waals surface area contributed by atoms with Crippen LogP contribution in [0.25, 0.3) is 0 Å². The van der Waals surface area contributed by atoms with Gasteiger partial charge in [0, 0.05) is 38.3 Å². The molecular formula is C15H23ClN2O4S. The molecule has 1 unspecified atom stereocenters. The lowest BCUT2D eigenvalue weighted by atomic mass is 10.2. The smallest absolute Gasteiger partial charge is 0.282 e. The van der Waals surface area contributed by atoms with E-state index in [-0.39, 0.29) is 19.2 Å². The Hall–Kier alpha value is -0.860. The summed E-state index contributed by atoms with van der Waals surface area (Å²) >= 11 is 5.89. The Morgan fingerprint density at radius 3 is 2.91 bits per heavy atom. The third-order valence-corrected chi connectivity index (χ3v) is 6.12. The average Bonchev–Trinajstić information content (AvgIpc) is 2.96. The molecule has 0 spiro atoms. The molecule has 8 heteroatoms. The van der Waals surface area contributed by atoms with Crippen LogP contribution >= 0.6 is 11.6 Å². The van der Waals surface area contributed by atoms with Crippen LogP contribution in [0.15, 0.2) is 24.3 Å². The zero-order chi connectivity index (χ0) is 16.9. The van der Waals surface area contributed by atoms with Gasteiger partial charge in [0.2, 0.25) is 0 Å². The van der Waals surface area contributed by atoms with Gasteiger partial charge in [-0.25, -0.2) is 0 Å². The molecule has 1 aromatic rings. The predicted molar refractivity (Wildman–Crippen MR) is 90.1 cm³/mol. The van der Waals surface area contributed by atoms with Crippen LogP contribution in [0, 0.1) is 0 Å². The van der Waals surface area contributed by atoms with E-state index in [0.717, 1.165) is 12.8 Å². The molecule has 6 nitrogen and oxygen atoms in total. The molecule has 1 aliphatic heterocycles. The van der Waals surface area contributed by atoms with Gasteiger partial charge in [0.1, 0.15) is 12.4 Å². The van der Waals surface area contributed by atoms with Crippen LogP contribution in [-0.4, -0.2) is 63.5 Å². The second-order valence-electron chi connectivity index (χ2n) is 5.50. The van der Waals surface area contributed by atoms with Crippen LogP contribution < -0.4 is 4.74 Å². The molecule has 2 rings (SSSR count). The van der Waals surface area contributed by atoms with Gasteiger partial charge in [-0.2, -0.15) is 17.0 Å². The maximum atomic E-state index is 12.6. The summed E-state index contributed by atoms with van der Waals surface area (Å²) in [6.07, 6.45) is 1.69. The molecule has 1 saturated heterocycles. The lowest BCUT2D eigenvalue weighted by molar-refractivity contribution is 0.146. The number of benzene rings is 1. The van der Waals surface area contributed by atoms with Crippen LogP contribution in [0.5, 0.6) is 5.75 Å². The molecule has 23 heavy (non-hydrogen) atoms. The SMILES string of the molecule is COCC1CCCN1S(=O)(=O)N(C)CCOc1cccc(Cl)c1. The Balaban J connectivity index is 1.90. The lowest BCUT2D eigenvalue weighted by Gasteiger charge is -2.28. The zero-order valence-corrected chi connectivity index (χ0v) is 15.0. The predicted octanol–water partition coefficient (Wildman–Crippen LogP) is 2.01. The van der Waals surface area contributed by atoms with E-state index in [1.54, 1.807) is 38.4 Å². The normalized spacial score (nSPS) is 19.4. The van der Waals surface area contributed by atoms with Gasteiger partial charge in [-0.05, 0) is 31.0 Å². The summed E-state index contributed by atoms with van der Waals surface area (Å²) in [7, 11) is -0.335. The van der Waals surface area contributed by atoms with E-state index < -0.39 is 10.2 Å². The topological polar surface area (TPSA) is 59.1 Å². The van der Waals surface area contributed by atoms with E-state index in [0.29, 0.717) is 23.9 Å². The molecule has 130 valence electrons. The lowest BCUT2D eigenvalue weighted by Crippen LogP contribution is -2.46. The molecule has 1 fully saturated rings. The summed E-state index contributed by atoms with van der Waals surface area (Å²) in [6, 6.07) is 6.95. The molecule has 1 heterocycles. The highest BCUT2D eigenvalue weighted by atomic mass is 35.5. The van der Waals surface area contributed by atoms with Crippen molar-refractivity contribution in [2.24, 2.45) is 0 Å². The van der Waals surface area contributed by atoms with Crippen molar-refractivity contribution in [1.29, 1.82) is 0 Å². The molecule has 0 bridgehead atoms. The van der Waals surface area contributed by atoms with Crippen LogP contribution in [0.1, 0.15) is 12.8 Å². The highest BCUT2D eigenvalue weighted by Crippen LogP contribution is 2.23. The summed E-state index contributed by atoms with van der Waals surface area (Å²) in [5.74, 6) is 0.627. The third kappa shape index (κ3) is 4.81. The van der Waals surface area contributed by atoms with E-state index in [1.807, 2.05) is 0 Å². The van der Waals surface area contributed by atoms with Crippen LogP contribution in [0.3, 0.4) is 0 Å². The van der Waals surface area contributed by atoms with Gasteiger partial charge in [0.25, 0.3) is 10.2 Å². The number of nitrogens with zero attached hydrogens (tertiary/aromatic N) is 2. The number of likely N-dealkylation sites (N-methyl/N-ethyl adjacent to an activating group) is 1. The minimum Gasteiger partial charge on any atom is -0.492 e. The standard InChI is InChI=1S/C15H23ClN2O4S/c1-17(9-10-22-15-7-3-5-13(16)11-15)23(19,20)18-8-4-6-14(18)12-21-2/h3,5,7,11,14H,4,6,8-10,12H2,1-2H3. The molecular weight excluding hydrogens is 340 g/mol. The van der Waals surface area contributed by atoms with Crippen molar-refractivity contribution in [3.63, 3.8) is 0 Å². The first-order chi connectivity index (χ1) is 10.9. The van der Waals surface area contributed by atoms with Crippen molar-refractivity contribution in [3.8, 4) is 5.75 Å². The molecule has 0 saturated carbocycles. The Labute approximate surface area is 143 Å². The fourth-order valence-electron chi connectivity index (χ4n) is 2.62. The number of halogens is 1. The molecule has 1 aliphatic rings. The van der Waals surface area contributed by atoms with E-state index in [2.05, 4.69) is 0 Å². The quantitative estimate of drug-likeness (QED) is 0.709. The van der Waals surface area contributed by atoms with E-state index in [1.165, 1.54) is 8.61 Å². The van der Waals surface area contributed by atoms with Gasteiger partial charge < -0.3 is 9.47 Å². The zero-order valence-electron chi connectivity index (χ0n) is 13.4. The Morgan fingerprint density at radius 1 is 1.43 bits per heavy atom.